The van der Waals surface area contributed by atoms with Gasteiger partial charge in [0.1, 0.15) is 5.82 Å². The predicted octanol–water partition coefficient (Wildman–Crippen LogP) is 0.903. The summed E-state index contributed by atoms with van der Waals surface area (Å²) in [6, 6.07) is 3.73. The Morgan fingerprint density at radius 3 is 2.52 bits per heavy atom. The summed E-state index contributed by atoms with van der Waals surface area (Å²) < 4.78 is 0. The molecule has 2 aliphatic rings. The highest BCUT2D eigenvalue weighted by Crippen LogP contribution is 2.27. The van der Waals surface area contributed by atoms with Gasteiger partial charge in [-0.2, -0.15) is 0 Å². The number of rotatable bonds is 3. The lowest BCUT2D eigenvalue weighted by molar-refractivity contribution is -0.142. The van der Waals surface area contributed by atoms with Crippen molar-refractivity contribution in [2.24, 2.45) is 5.92 Å². The van der Waals surface area contributed by atoms with E-state index in [4.69, 9.17) is 5.11 Å². The van der Waals surface area contributed by atoms with Crippen molar-refractivity contribution in [1.29, 1.82) is 0 Å². The number of carboxylic acid groups (broad SMARTS) is 1. The maximum Gasteiger partial charge on any atom is 0.306 e. The monoisotopic (exact) mass is 317 g/mol. The van der Waals surface area contributed by atoms with Crippen molar-refractivity contribution in [2.75, 3.05) is 18.0 Å². The quantitative estimate of drug-likeness (QED) is 0.804. The second-order valence-electron chi connectivity index (χ2n) is 6.05. The number of carbonyl (C=O) groups is 3. The van der Waals surface area contributed by atoms with Crippen LogP contribution in [0.2, 0.25) is 0 Å². The van der Waals surface area contributed by atoms with Crippen molar-refractivity contribution in [3.05, 3.63) is 23.9 Å². The number of hydrogen-bond donors (Lipinski definition) is 2. The molecule has 122 valence electrons. The number of carboxylic acids is 1. The van der Waals surface area contributed by atoms with E-state index in [1.165, 1.54) is 0 Å². The maximum absolute atomic E-state index is 11.9. The first-order valence-corrected chi connectivity index (χ1v) is 7.82. The molecule has 3 heterocycles. The van der Waals surface area contributed by atoms with Crippen LogP contribution in [-0.2, 0) is 14.4 Å². The third-order valence-electron chi connectivity index (χ3n) is 4.58. The number of hydrogen-bond acceptors (Lipinski definition) is 5. The molecule has 0 radical (unpaired) electrons. The molecular weight excluding hydrogens is 298 g/mol. The lowest BCUT2D eigenvalue weighted by Gasteiger charge is -2.31. The number of imide groups is 1. The molecule has 7 nitrogen and oxygen atoms in total. The predicted molar refractivity (Wildman–Crippen MR) is 81.9 cm³/mol. The first-order valence-electron chi connectivity index (χ1n) is 7.82. The maximum atomic E-state index is 11.9. The van der Waals surface area contributed by atoms with Crippen LogP contribution in [0, 0.1) is 5.92 Å². The molecule has 1 aromatic rings. The number of aromatic nitrogens is 1. The number of nitrogens with one attached hydrogen (secondary N) is 1. The second-order valence-corrected chi connectivity index (χ2v) is 6.05. The van der Waals surface area contributed by atoms with Gasteiger partial charge in [-0.25, -0.2) is 4.98 Å². The van der Waals surface area contributed by atoms with Gasteiger partial charge in [-0.1, -0.05) is 6.07 Å². The van der Waals surface area contributed by atoms with Crippen LogP contribution in [0.4, 0.5) is 5.82 Å². The van der Waals surface area contributed by atoms with Crippen LogP contribution < -0.4 is 10.2 Å². The Hall–Kier alpha value is -2.44. The zero-order chi connectivity index (χ0) is 16.4. The highest BCUT2D eigenvalue weighted by atomic mass is 16.4. The van der Waals surface area contributed by atoms with Gasteiger partial charge in [0.25, 0.3) is 0 Å². The third kappa shape index (κ3) is 3.33. The number of nitrogens with zero attached hydrogens (tertiary/aromatic N) is 2. The average Bonchev–Trinajstić information content (AvgIpc) is 2.55. The van der Waals surface area contributed by atoms with Crippen molar-refractivity contribution in [3.63, 3.8) is 0 Å². The first-order chi connectivity index (χ1) is 11.0. The molecule has 2 saturated heterocycles. The largest absolute Gasteiger partial charge is 0.481 e. The summed E-state index contributed by atoms with van der Waals surface area (Å²) in [5.74, 6) is -1.02. The van der Waals surface area contributed by atoms with E-state index >= 15 is 0 Å². The van der Waals surface area contributed by atoms with Crippen molar-refractivity contribution in [3.8, 4) is 0 Å². The minimum atomic E-state index is -0.731. The van der Waals surface area contributed by atoms with Crippen LogP contribution in [0.3, 0.4) is 0 Å². The number of carbonyl (C=O) groups excluding carboxylic acids is 2. The number of anilines is 1. The summed E-state index contributed by atoms with van der Waals surface area (Å²) in [7, 11) is 0. The molecule has 0 spiro atoms. The molecule has 0 unspecified atom stereocenters. The summed E-state index contributed by atoms with van der Waals surface area (Å²) in [6.07, 6.45) is 3.77. The number of piperidine rings is 2. The standard InChI is InChI=1S/C16H19N3O4/c20-14-4-2-12(15(21)18-14)11-1-3-13(17-9-11)19-7-5-10(6-8-19)16(22)23/h1,3,9-10,12H,2,4-8H2,(H,22,23)(H,18,20,21)/t12-/m1/s1. The van der Waals surface area contributed by atoms with E-state index in [0.717, 1.165) is 11.4 Å². The Labute approximate surface area is 133 Å². The van der Waals surface area contributed by atoms with E-state index in [1.807, 2.05) is 12.1 Å². The molecule has 0 saturated carbocycles. The van der Waals surface area contributed by atoms with Crippen LogP contribution in [-0.4, -0.2) is 41.0 Å². The van der Waals surface area contributed by atoms with E-state index in [2.05, 4.69) is 15.2 Å². The zero-order valence-electron chi connectivity index (χ0n) is 12.7. The summed E-state index contributed by atoms with van der Waals surface area (Å²) in [4.78, 5) is 40.5. The van der Waals surface area contributed by atoms with E-state index in [0.29, 0.717) is 38.8 Å². The molecule has 0 aromatic carbocycles. The van der Waals surface area contributed by atoms with Crippen LogP contribution in [0.25, 0.3) is 0 Å². The van der Waals surface area contributed by atoms with Crippen molar-refractivity contribution >= 4 is 23.6 Å². The molecule has 1 aromatic heterocycles. The SMILES string of the molecule is O=C1CC[C@H](c2ccc(N3CCC(C(=O)O)CC3)nc2)C(=O)N1. The molecule has 2 amide bonds. The Balaban J connectivity index is 1.65. The van der Waals surface area contributed by atoms with Crippen LogP contribution >= 0.6 is 0 Å². The fourth-order valence-corrected chi connectivity index (χ4v) is 3.16. The summed E-state index contributed by atoms with van der Waals surface area (Å²) >= 11 is 0. The van der Waals surface area contributed by atoms with Crippen molar-refractivity contribution < 1.29 is 19.5 Å². The molecule has 2 fully saturated rings. The summed E-state index contributed by atoms with van der Waals surface area (Å²) in [5.41, 5.74) is 0.805. The van der Waals surface area contributed by atoms with Crippen LogP contribution in [0.15, 0.2) is 18.3 Å². The van der Waals surface area contributed by atoms with E-state index in [-0.39, 0.29) is 23.7 Å². The Morgan fingerprint density at radius 2 is 1.96 bits per heavy atom. The fraction of sp³-hybridized carbons (Fsp3) is 0.500. The molecule has 2 N–H and O–H groups in total. The molecule has 7 heteroatoms. The Bertz CT molecular complexity index is 621. The third-order valence-corrected chi connectivity index (χ3v) is 4.58. The van der Waals surface area contributed by atoms with E-state index < -0.39 is 5.97 Å². The van der Waals surface area contributed by atoms with E-state index in [1.54, 1.807) is 6.20 Å². The van der Waals surface area contributed by atoms with Gasteiger partial charge in [0.2, 0.25) is 11.8 Å². The topological polar surface area (TPSA) is 99.6 Å². The normalized spacial score (nSPS) is 22.8. The van der Waals surface area contributed by atoms with Gasteiger partial charge in [0.15, 0.2) is 0 Å². The zero-order valence-corrected chi connectivity index (χ0v) is 12.7. The van der Waals surface area contributed by atoms with Gasteiger partial charge in [-0.3, -0.25) is 19.7 Å². The molecule has 3 rings (SSSR count). The van der Waals surface area contributed by atoms with Gasteiger partial charge in [-0.15, -0.1) is 0 Å². The summed E-state index contributed by atoms with van der Waals surface area (Å²) in [6.45, 7) is 1.34. The molecular formula is C16H19N3O4. The molecule has 2 aliphatic heterocycles. The van der Waals surface area contributed by atoms with Gasteiger partial charge in [-0.05, 0) is 30.9 Å². The molecule has 0 bridgehead atoms. The summed E-state index contributed by atoms with van der Waals surface area (Å²) in [5, 5.41) is 11.4. The highest BCUT2D eigenvalue weighted by Gasteiger charge is 2.29. The van der Waals surface area contributed by atoms with Gasteiger partial charge < -0.3 is 10.0 Å². The van der Waals surface area contributed by atoms with Crippen LogP contribution in [0.1, 0.15) is 37.2 Å². The number of aliphatic carboxylic acids is 1. The average molecular weight is 317 g/mol. The molecule has 1 atom stereocenters. The first kappa shape index (κ1) is 15.5. The molecule has 0 aliphatic carbocycles. The minimum absolute atomic E-state index is 0.225. The van der Waals surface area contributed by atoms with E-state index in [9.17, 15) is 14.4 Å². The fourth-order valence-electron chi connectivity index (χ4n) is 3.16. The lowest BCUT2D eigenvalue weighted by atomic mass is 9.91. The number of pyridine rings is 1. The lowest BCUT2D eigenvalue weighted by Crippen LogP contribution is -2.39. The minimum Gasteiger partial charge on any atom is -0.481 e. The highest BCUT2D eigenvalue weighted by molar-refractivity contribution is 6.00. The van der Waals surface area contributed by atoms with Crippen molar-refractivity contribution in [1.82, 2.24) is 10.3 Å². The van der Waals surface area contributed by atoms with Crippen LogP contribution in [0.5, 0.6) is 0 Å². The van der Waals surface area contributed by atoms with Gasteiger partial charge in [0, 0.05) is 25.7 Å². The smallest absolute Gasteiger partial charge is 0.306 e. The van der Waals surface area contributed by atoms with Crippen molar-refractivity contribution in [2.45, 2.75) is 31.6 Å². The van der Waals surface area contributed by atoms with Gasteiger partial charge in [0.05, 0.1) is 11.8 Å². The number of amides is 2. The molecule has 23 heavy (non-hydrogen) atoms. The van der Waals surface area contributed by atoms with Gasteiger partial charge >= 0.3 is 5.97 Å². The Kier molecular flexibility index (Phi) is 4.27. The second kappa shape index (κ2) is 6.36. The Morgan fingerprint density at radius 1 is 1.22 bits per heavy atom.